The van der Waals surface area contributed by atoms with Gasteiger partial charge < -0.3 is 10.1 Å². The summed E-state index contributed by atoms with van der Waals surface area (Å²) in [5.41, 5.74) is 0.769. The Labute approximate surface area is 178 Å². The Morgan fingerprint density at radius 1 is 0.931 bits per heavy atom. The first-order chi connectivity index (χ1) is 13.8. The Kier molecular flexibility index (Phi) is 6.32. The molecule has 0 spiro atoms. The average molecular weight is 451 g/mol. The lowest BCUT2D eigenvalue weighted by Crippen LogP contribution is -2.16. The van der Waals surface area contributed by atoms with Gasteiger partial charge in [-0.05, 0) is 48.5 Å². The molecule has 0 fully saturated rings. The average Bonchev–Trinajstić information content (AvgIpc) is 2.70. The maximum absolute atomic E-state index is 12.8. The van der Waals surface area contributed by atoms with E-state index in [0.717, 1.165) is 0 Å². The lowest BCUT2D eigenvalue weighted by Gasteiger charge is -2.13. The highest BCUT2D eigenvalue weighted by Crippen LogP contribution is 2.30. The third-order valence-corrected chi connectivity index (χ3v) is 5.86. The highest BCUT2D eigenvalue weighted by Gasteiger charge is 2.19. The summed E-state index contributed by atoms with van der Waals surface area (Å²) in [4.78, 5) is 12.4. The number of anilines is 2. The van der Waals surface area contributed by atoms with Gasteiger partial charge in [0, 0.05) is 10.6 Å². The predicted molar refractivity (Wildman–Crippen MR) is 115 cm³/mol. The molecular formula is C20H16Cl2N2O4S. The third kappa shape index (κ3) is 5.00. The predicted octanol–water partition coefficient (Wildman–Crippen LogP) is 5.06. The van der Waals surface area contributed by atoms with Gasteiger partial charge in [-0.3, -0.25) is 9.52 Å². The van der Waals surface area contributed by atoms with Gasteiger partial charge in [-0.2, -0.15) is 0 Å². The molecule has 9 heteroatoms. The highest BCUT2D eigenvalue weighted by atomic mass is 35.5. The molecule has 3 aromatic rings. The van der Waals surface area contributed by atoms with Crippen molar-refractivity contribution in [3.8, 4) is 5.75 Å². The zero-order valence-electron chi connectivity index (χ0n) is 15.1. The molecule has 0 saturated heterocycles. The summed E-state index contributed by atoms with van der Waals surface area (Å²) < 4.78 is 33.2. The van der Waals surface area contributed by atoms with Gasteiger partial charge in [0.25, 0.3) is 15.9 Å². The number of carbonyl (C=O) groups excluding carboxylic acids is 1. The van der Waals surface area contributed by atoms with E-state index in [1.54, 1.807) is 36.4 Å². The Balaban J connectivity index is 1.87. The molecule has 2 N–H and O–H groups in total. The molecule has 0 heterocycles. The molecule has 0 atom stereocenters. The van der Waals surface area contributed by atoms with E-state index in [9.17, 15) is 13.2 Å². The molecule has 1 amide bonds. The maximum atomic E-state index is 12.8. The Morgan fingerprint density at radius 2 is 1.69 bits per heavy atom. The van der Waals surface area contributed by atoms with E-state index in [1.165, 1.54) is 37.4 Å². The fraction of sp³-hybridized carbons (Fsp3) is 0.0500. The second kappa shape index (κ2) is 8.73. The topological polar surface area (TPSA) is 84.5 Å². The van der Waals surface area contributed by atoms with Crippen molar-refractivity contribution in [1.29, 1.82) is 0 Å². The molecule has 29 heavy (non-hydrogen) atoms. The van der Waals surface area contributed by atoms with E-state index in [4.69, 9.17) is 27.9 Å². The number of hydrogen-bond acceptors (Lipinski definition) is 4. The highest BCUT2D eigenvalue weighted by molar-refractivity contribution is 7.92. The van der Waals surface area contributed by atoms with Gasteiger partial charge >= 0.3 is 0 Å². The smallest absolute Gasteiger partial charge is 0.262 e. The van der Waals surface area contributed by atoms with Crippen LogP contribution in [0.1, 0.15) is 10.4 Å². The summed E-state index contributed by atoms with van der Waals surface area (Å²) in [7, 11) is -2.58. The molecule has 6 nitrogen and oxygen atoms in total. The number of methoxy groups -OCH3 is 1. The van der Waals surface area contributed by atoms with Crippen LogP contribution in [0.15, 0.2) is 71.6 Å². The van der Waals surface area contributed by atoms with Crippen LogP contribution < -0.4 is 14.8 Å². The minimum Gasteiger partial charge on any atom is -0.495 e. The number of para-hydroxylation sites is 1. The van der Waals surface area contributed by atoms with Crippen LogP contribution in [0.3, 0.4) is 0 Å². The first-order valence-electron chi connectivity index (χ1n) is 8.32. The Morgan fingerprint density at radius 3 is 2.41 bits per heavy atom. The lowest BCUT2D eigenvalue weighted by atomic mass is 10.2. The van der Waals surface area contributed by atoms with E-state index >= 15 is 0 Å². The number of rotatable bonds is 6. The number of halogens is 2. The maximum Gasteiger partial charge on any atom is 0.262 e. The fourth-order valence-electron chi connectivity index (χ4n) is 2.53. The van der Waals surface area contributed by atoms with Crippen LogP contribution in [0.2, 0.25) is 10.0 Å². The normalized spacial score (nSPS) is 11.0. The number of nitrogens with one attached hydrogen (secondary N) is 2. The van der Waals surface area contributed by atoms with Gasteiger partial charge in [0.05, 0.1) is 28.4 Å². The summed E-state index contributed by atoms with van der Waals surface area (Å²) in [6, 6.07) is 16.9. The minimum atomic E-state index is -3.99. The second-order valence-electron chi connectivity index (χ2n) is 5.91. The van der Waals surface area contributed by atoms with Crippen LogP contribution in [-0.4, -0.2) is 21.4 Å². The van der Waals surface area contributed by atoms with Gasteiger partial charge in [0.2, 0.25) is 0 Å². The molecule has 3 rings (SSSR count). The van der Waals surface area contributed by atoms with Crippen LogP contribution in [0, 0.1) is 0 Å². The quantitative estimate of drug-likeness (QED) is 0.549. The van der Waals surface area contributed by atoms with Crippen LogP contribution in [0.5, 0.6) is 5.75 Å². The molecule has 0 aromatic heterocycles. The van der Waals surface area contributed by atoms with Crippen molar-refractivity contribution in [2.24, 2.45) is 0 Å². The summed E-state index contributed by atoms with van der Waals surface area (Å²) in [5, 5.41) is 3.38. The second-order valence-corrected chi connectivity index (χ2v) is 8.44. The molecule has 0 aliphatic carbocycles. The van der Waals surface area contributed by atoms with Crippen molar-refractivity contribution < 1.29 is 17.9 Å². The number of hydrogen-bond donors (Lipinski definition) is 2. The van der Waals surface area contributed by atoms with Crippen molar-refractivity contribution in [3.05, 3.63) is 82.3 Å². The SMILES string of the molecule is COc1ccc(Cl)cc1NS(=O)(=O)c1cccc(C(=O)Nc2ccccc2Cl)c1. The minimum absolute atomic E-state index is 0.0914. The first-order valence-corrected chi connectivity index (χ1v) is 10.6. The summed E-state index contributed by atoms with van der Waals surface area (Å²) in [6.07, 6.45) is 0. The first kappa shape index (κ1) is 21.0. The summed E-state index contributed by atoms with van der Waals surface area (Å²) in [5.74, 6) is -0.180. The van der Waals surface area contributed by atoms with Crippen LogP contribution in [-0.2, 0) is 10.0 Å². The van der Waals surface area contributed by atoms with Gasteiger partial charge in [-0.1, -0.05) is 41.4 Å². The van der Waals surface area contributed by atoms with Gasteiger partial charge in [-0.15, -0.1) is 0 Å². The number of benzene rings is 3. The molecule has 0 bridgehead atoms. The van der Waals surface area contributed by atoms with Crippen LogP contribution in [0.25, 0.3) is 0 Å². The van der Waals surface area contributed by atoms with E-state index in [0.29, 0.717) is 21.5 Å². The van der Waals surface area contributed by atoms with Crippen molar-refractivity contribution in [2.45, 2.75) is 4.90 Å². The van der Waals surface area contributed by atoms with Crippen LogP contribution in [0.4, 0.5) is 11.4 Å². The number of amides is 1. The summed E-state index contributed by atoms with van der Waals surface area (Å²) >= 11 is 12.0. The molecule has 150 valence electrons. The fourth-order valence-corrected chi connectivity index (χ4v) is 3.99. The zero-order valence-corrected chi connectivity index (χ0v) is 17.5. The van der Waals surface area contributed by atoms with Gasteiger partial charge in [-0.25, -0.2) is 8.42 Å². The molecule has 3 aromatic carbocycles. The van der Waals surface area contributed by atoms with E-state index in [2.05, 4.69) is 10.0 Å². The monoisotopic (exact) mass is 450 g/mol. The standard InChI is InChI=1S/C20H16Cl2N2O4S/c1-28-19-10-9-14(21)12-18(19)24-29(26,27)15-6-4-5-13(11-15)20(25)23-17-8-3-2-7-16(17)22/h2-12,24H,1H3,(H,23,25). The number of carbonyl (C=O) groups is 1. The lowest BCUT2D eigenvalue weighted by molar-refractivity contribution is 0.102. The van der Waals surface area contributed by atoms with E-state index in [-0.39, 0.29) is 16.1 Å². The number of ether oxygens (including phenoxy) is 1. The number of sulfonamides is 1. The Hall–Kier alpha value is -2.74. The van der Waals surface area contributed by atoms with Crippen molar-refractivity contribution in [3.63, 3.8) is 0 Å². The van der Waals surface area contributed by atoms with Crippen LogP contribution >= 0.6 is 23.2 Å². The molecule has 0 aliphatic rings. The van der Waals surface area contributed by atoms with E-state index < -0.39 is 15.9 Å². The molecule has 0 aliphatic heterocycles. The zero-order chi connectivity index (χ0) is 21.0. The Bertz CT molecular complexity index is 1170. The van der Waals surface area contributed by atoms with Crippen molar-refractivity contribution in [1.82, 2.24) is 0 Å². The van der Waals surface area contributed by atoms with Gasteiger partial charge in [0.15, 0.2) is 0 Å². The molecular weight excluding hydrogens is 435 g/mol. The van der Waals surface area contributed by atoms with Crippen molar-refractivity contribution >= 4 is 50.5 Å². The van der Waals surface area contributed by atoms with Gasteiger partial charge in [0.1, 0.15) is 5.75 Å². The summed E-state index contributed by atoms with van der Waals surface area (Å²) in [6.45, 7) is 0. The molecule has 0 radical (unpaired) electrons. The van der Waals surface area contributed by atoms with Crippen molar-refractivity contribution in [2.75, 3.05) is 17.1 Å². The largest absolute Gasteiger partial charge is 0.495 e. The third-order valence-electron chi connectivity index (χ3n) is 3.93. The van der Waals surface area contributed by atoms with E-state index in [1.807, 2.05) is 0 Å². The molecule has 0 unspecified atom stereocenters. The molecule has 0 saturated carbocycles.